The number of anilines is 1. The predicted octanol–water partition coefficient (Wildman–Crippen LogP) is 5.19. The van der Waals surface area contributed by atoms with E-state index in [1.54, 1.807) is 0 Å². The molecule has 0 amide bonds. The van der Waals surface area contributed by atoms with Gasteiger partial charge in [0.1, 0.15) is 5.69 Å². The Kier molecular flexibility index (Phi) is 5.67. The van der Waals surface area contributed by atoms with E-state index < -0.39 is 9.85 Å². The quantitative estimate of drug-likeness (QED) is 0.434. The lowest BCUT2D eigenvalue weighted by Gasteiger charge is -2.30. The van der Waals surface area contributed by atoms with Crippen molar-refractivity contribution in [3.63, 3.8) is 0 Å². The maximum atomic E-state index is 11.3. The number of hydrogen-bond donors (Lipinski definition) is 1. The highest BCUT2D eigenvalue weighted by atomic mass is 16.6. The number of hydrogen-bond acceptors (Lipinski definition) is 6. The second kappa shape index (κ2) is 8.16. The van der Waals surface area contributed by atoms with Gasteiger partial charge in [0.2, 0.25) is 0 Å². The van der Waals surface area contributed by atoms with E-state index in [1.165, 1.54) is 12.1 Å². The van der Waals surface area contributed by atoms with Crippen molar-refractivity contribution in [3.8, 4) is 0 Å². The average molecular weight is 382 g/mol. The zero-order chi connectivity index (χ0) is 20.1. The molecule has 146 valence electrons. The molecule has 0 aromatic heterocycles. The Morgan fingerprint density at radius 2 is 1.75 bits per heavy atom. The van der Waals surface area contributed by atoms with Crippen LogP contribution >= 0.6 is 0 Å². The summed E-state index contributed by atoms with van der Waals surface area (Å²) in [6, 6.07) is 13.6. The first kappa shape index (κ1) is 19.5. The van der Waals surface area contributed by atoms with Gasteiger partial charge in [-0.25, -0.2) is 0 Å². The van der Waals surface area contributed by atoms with Gasteiger partial charge in [-0.15, -0.1) is 0 Å². The highest BCUT2D eigenvalue weighted by Crippen LogP contribution is 2.37. The fourth-order valence-corrected chi connectivity index (χ4v) is 3.67. The zero-order valence-corrected chi connectivity index (χ0v) is 15.6. The molecule has 8 heteroatoms. The molecule has 0 saturated heterocycles. The number of nitrogens with zero attached hydrogens (tertiary/aromatic N) is 3. The number of benzene rings is 2. The Labute approximate surface area is 162 Å². The molecule has 0 spiro atoms. The molecule has 1 aliphatic rings. The van der Waals surface area contributed by atoms with Crippen molar-refractivity contribution in [3.05, 3.63) is 74.3 Å². The third-order valence-corrected chi connectivity index (χ3v) is 5.34. The van der Waals surface area contributed by atoms with Crippen molar-refractivity contribution in [2.45, 2.75) is 44.4 Å². The first-order valence-electron chi connectivity index (χ1n) is 9.23. The molecule has 28 heavy (non-hydrogen) atoms. The van der Waals surface area contributed by atoms with Crippen LogP contribution in [-0.2, 0) is 5.41 Å². The van der Waals surface area contributed by atoms with Crippen molar-refractivity contribution in [1.29, 1.82) is 0 Å². The fourth-order valence-electron chi connectivity index (χ4n) is 3.67. The number of non-ortho nitro benzene ring substituents is 1. The van der Waals surface area contributed by atoms with Gasteiger partial charge in [0, 0.05) is 17.2 Å². The molecule has 1 aliphatic carbocycles. The second-order valence-electron chi connectivity index (χ2n) is 7.14. The highest BCUT2D eigenvalue weighted by molar-refractivity contribution is 5.95. The molecule has 1 N–H and O–H groups in total. The molecule has 8 nitrogen and oxygen atoms in total. The summed E-state index contributed by atoms with van der Waals surface area (Å²) in [5.74, 6) is 0. The van der Waals surface area contributed by atoms with Crippen LogP contribution in [-0.4, -0.2) is 15.6 Å². The van der Waals surface area contributed by atoms with Gasteiger partial charge >= 0.3 is 5.69 Å². The van der Waals surface area contributed by atoms with Gasteiger partial charge in [-0.2, -0.15) is 5.10 Å². The third kappa shape index (κ3) is 4.00. The summed E-state index contributed by atoms with van der Waals surface area (Å²) in [4.78, 5) is 21.0. The molecule has 3 rings (SSSR count). The summed E-state index contributed by atoms with van der Waals surface area (Å²) in [5.41, 5.74) is 4.09. The molecule has 0 aliphatic heterocycles. The first-order chi connectivity index (χ1) is 13.4. The van der Waals surface area contributed by atoms with Crippen LogP contribution in [0, 0.1) is 20.2 Å². The van der Waals surface area contributed by atoms with Crippen molar-refractivity contribution in [2.75, 3.05) is 5.43 Å². The lowest BCUT2D eigenvalue weighted by molar-refractivity contribution is -0.393. The smallest absolute Gasteiger partial charge is 0.272 e. The van der Waals surface area contributed by atoms with Gasteiger partial charge in [-0.1, -0.05) is 50.1 Å². The lowest BCUT2D eigenvalue weighted by atomic mass is 9.75. The summed E-state index contributed by atoms with van der Waals surface area (Å²) in [5, 5.41) is 26.8. The van der Waals surface area contributed by atoms with Crippen LogP contribution in [0.2, 0.25) is 0 Å². The highest BCUT2D eigenvalue weighted by Gasteiger charge is 2.34. The maximum absolute atomic E-state index is 11.3. The van der Waals surface area contributed by atoms with Crippen LogP contribution in [0.4, 0.5) is 17.1 Å². The maximum Gasteiger partial charge on any atom is 0.301 e. The van der Waals surface area contributed by atoms with Gasteiger partial charge in [-0.3, -0.25) is 25.7 Å². The summed E-state index contributed by atoms with van der Waals surface area (Å²) >= 11 is 0. The Morgan fingerprint density at radius 1 is 1.00 bits per heavy atom. The van der Waals surface area contributed by atoms with E-state index in [4.69, 9.17) is 0 Å². The Hall–Kier alpha value is -3.29. The van der Waals surface area contributed by atoms with E-state index in [9.17, 15) is 20.2 Å². The predicted molar refractivity (Wildman–Crippen MR) is 108 cm³/mol. The van der Waals surface area contributed by atoms with E-state index in [1.807, 2.05) is 18.2 Å². The van der Waals surface area contributed by atoms with Gasteiger partial charge in [0.25, 0.3) is 5.69 Å². The molecule has 1 atom stereocenters. The fraction of sp³-hybridized carbons (Fsp3) is 0.350. The minimum Gasteiger partial charge on any atom is -0.272 e. The average Bonchev–Trinajstić information content (AvgIpc) is 2.89. The van der Waals surface area contributed by atoms with E-state index in [-0.39, 0.29) is 22.5 Å². The summed E-state index contributed by atoms with van der Waals surface area (Å²) in [7, 11) is 0. The standard InChI is InChI=1S/C20H22N4O4/c1-20(15-8-4-2-5-9-15)13-7-3-6-10-19(20)22-21-17-12-11-16(23(25)26)14-18(17)24(27)28/h2,4-5,8-9,11-12,14,21H,3,6-7,10,13H2,1H3/b22-19-/t20-/m1/s1. The van der Waals surface area contributed by atoms with Crippen molar-refractivity contribution in [1.82, 2.24) is 0 Å². The molecule has 0 bridgehead atoms. The van der Waals surface area contributed by atoms with Gasteiger partial charge in [0.05, 0.1) is 15.9 Å². The molecule has 1 fully saturated rings. The number of nitro groups is 2. The van der Waals surface area contributed by atoms with Crippen molar-refractivity contribution in [2.24, 2.45) is 5.10 Å². The lowest BCUT2D eigenvalue weighted by Crippen LogP contribution is -2.32. The van der Waals surface area contributed by atoms with E-state index >= 15 is 0 Å². The Morgan fingerprint density at radius 3 is 2.43 bits per heavy atom. The zero-order valence-electron chi connectivity index (χ0n) is 15.6. The summed E-state index contributed by atoms with van der Waals surface area (Å²) in [6.07, 6.45) is 4.94. The van der Waals surface area contributed by atoms with Gasteiger partial charge < -0.3 is 0 Å². The number of nitro benzene ring substituents is 2. The monoisotopic (exact) mass is 382 g/mol. The molecule has 2 aromatic rings. The molecular weight excluding hydrogens is 360 g/mol. The normalized spacial score (nSPS) is 21.1. The van der Waals surface area contributed by atoms with Gasteiger partial charge in [-0.05, 0) is 30.9 Å². The molecule has 2 aromatic carbocycles. The summed E-state index contributed by atoms with van der Waals surface area (Å²) in [6.45, 7) is 2.15. The topological polar surface area (TPSA) is 111 Å². The first-order valence-corrected chi connectivity index (χ1v) is 9.23. The van der Waals surface area contributed by atoms with E-state index in [2.05, 4.69) is 29.6 Å². The number of rotatable bonds is 5. The molecular formula is C20H22N4O4. The summed E-state index contributed by atoms with van der Waals surface area (Å²) < 4.78 is 0. The third-order valence-electron chi connectivity index (χ3n) is 5.34. The van der Waals surface area contributed by atoms with Crippen LogP contribution in [0.3, 0.4) is 0 Å². The van der Waals surface area contributed by atoms with Crippen LogP contribution in [0.5, 0.6) is 0 Å². The second-order valence-corrected chi connectivity index (χ2v) is 7.14. The minimum absolute atomic E-state index is 0.141. The van der Waals surface area contributed by atoms with Crippen molar-refractivity contribution >= 4 is 22.8 Å². The van der Waals surface area contributed by atoms with Crippen LogP contribution < -0.4 is 5.43 Å². The number of nitrogens with one attached hydrogen (secondary N) is 1. The Bertz CT molecular complexity index is 914. The van der Waals surface area contributed by atoms with Crippen LogP contribution in [0.15, 0.2) is 53.6 Å². The molecule has 0 heterocycles. The van der Waals surface area contributed by atoms with E-state index in [0.717, 1.165) is 49.4 Å². The molecule has 0 radical (unpaired) electrons. The largest absolute Gasteiger partial charge is 0.301 e. The van der Waals surface area contributed by atoms with Crippen LogP contribution in [0.1, 0.15) is 44.6 Å². The molecule has 1 saturated carbocycles. The van der Waals surface area contributed by atoms with Gasteiger partial charge in [0.15, 0.2) is 0 Å². The molecule has 0 unspecified atom stereocenters. The van der Waals surface area contributed by atoms with Crippen molar-refractivity contribution < 1.29 is 9.85 Å². The minimum atomic E-state index is -0.652. The SMILES string of the molecule is C[C@]1(c2ccccc2)CCCCC/C1=N/Nc1ccc([N+](=O)[O-])cc1[N+](=O)[O-]. The van der Waals surface area contributed by atoms with Crippen LogP contribution in [0.25, 0.3) is 0 Å². The number of hydrazone groups is 1. The Balaban J connectivity index is 1.97. The van der Waals surface area contributed by atoms with E-state index in [0.29, 0.717) is 0 Å².